The van der Waals surface area contributed by atoms with Crippen LogP contribution in [0.15, 0.2) is 29.2 Å². The maximum Gasteiger partial charge on any atom is 0.249 e. The van der Waals surface area contributed by atoms with Gasteiger partial charge < -0.3 is 0 Å². The third-order valence-electron chi connectivity index (χ3n) is 1.87. The Morgan fingerprint density at radius 1 is 1.29 bits per heavy atom. The van der Waals surface area contributed by atoms with E-state index in [-0.39, 0.29) is 0 Å². The molecule has 0 saturated carbocycles. The van der Waals surface area contributed by atoms with Gasteiger partial charge in [-0.3, -0.25) is 0 Å². The van der Waals surface area contributed by atoms with Gasteiger partial charge in [-0.05, 0) is 24.1 Å². The largest absolute Gasteiger partial charge is 0.249 e. The van der Waals surface area contributed by atoms with E-state index in [0.29, 0.717) is 4.90 Å². The maximum absolute atomic E-state index is 11.4. The molecule has 0 amide bonds. The number of hydrogen-bond acceptors (Lipinski definition) is 2. The minimum Gasteiger partial charge on any atom is -0.206 e. The molecule has 0 aliphatic rings. The summed E-state index contributed by atoms with van der Waals surface area (Å²) < 4.78 is 25.0. The average Bonchev–Trinajstić information content (AvgIpc) is 2.19. The first-order chi connectivity index (χ1) is 6.60. The molecular formula is C9H12INO2S. The van der Waals surface area contributed by atoms with Gasteiger partial charge in [-0.2, -0.15) is 2.94 Å². The van der Waals surface area contributed by atoms with E-state index in [0.717, 1.165) is 12.8 Å². The molecule has 0 bridgehead atoms. The predicted molar refractivity (Wildman–Crippen MR) is 64.8 cm³/mol. The predicted octanol–water partition coefficient (Wildman–Crippen LogP) is 2.27. The molecule has 0 spiro atoms. The van der Waals surface area contributed by atoms with Gasteiger partial charge in [0.15, 0.2) is 0 Å². The minimum atomic E-state index is -3.29. The second kappa shape index (κ2) is 5.09. The molecule has 0 atom stereocenters. The topological polar surface area (TPSA) is 46.2 Å². The van der Waals surface area contributed by atoms with E-state index in [9.17, 15) is 8.42 Å². The van der Waals surface area contributed by atoms with Crippen molar-refractivity contribution in [3.63, 3.8) is 0 Å². The van der Waals surface area contributed by atoms with Gasteiger partial charge in [-0.1, -0.05) is 25.5 Å². The molecule has 14 heavy (non-hydrogen) atoms. The van der Waals surface area contributed by atoms with Crippen molar-refractivity contribution in [1.82, 2.24) is 2.94 Å². The number of aryl methyl sites for hydroxylation is 1. The Hall–Kier alpha value is -0.140. The van der Waals surface area contributed by atoms with E-state index in [4.69, 9.17) is 0 Å². The van der Waals surface area contributed by atoms with Crippen molar-refractivity contribution in [3.05, 3.63) is 29.8 Å². The van der Waals surface area contributed by atoms with Crippen LogP contribution in [-0.2, 0) is 16.4 Å². The Bertz CT molecular complexity index is 386. The van der Waals surface area contributed by atoms with Crippen LogP contribution in [0.5, 0.6) is 0 Å². The summed E-state index contributed by atoms with van der Waals surface area (Å²) in [6.07, 6.45) is 2.05. The van der Waals surface area contributed by atoms with Gasteiger partial charge in [0, 0.05) is 22.9 Å². The molecule has 0 fully saturated rings. The Kier molecular flexibility index (Phi) is 4.33. The summed E-state index contributed by atoms with van der Waals surface area (Å²) >= 11 is 1.62. The highest BCUT2D eigenvalue weighted by atomic mass is 127. The lowest BCUT2D eigenvalue weighted by Crippen LogP contribution is -2.12. The number of halogens is 1. The van der Waals surface area contributed by atoms with Gasteiger partial charge >= 0.3 is 0 Å². The zero-order valence-electron chi connectivity index (χ0n) is 7.83. The summed E-state index contributed by atoms with van der Waals surface area (Å²) in [6, 6.07) is 6.96. The molecule has 1 aromatic carbocycles. The van der Waals surface area contributed by atoms with Crippen LogP contribution in [-0.4, -0.2) is 8.42 Å². The second-order valence-electron chi connectivity index (χ2n) is 2.97. The first-order valence-electron chi connectivity index (χ1n) is 4.31. The zero-order chi connectivity index (χ0) is 10.6. The molecule has 0 aliphatic carbocycles. The second-order valence-corrected chi connectivity index (χ2v) is 5.93. The fraction of sp³-hybridized carbons (Fsp3) is 0.333. The molecule has 0 saturated heterocycles. The average molecular weight is 325 g/mol. The first kappa shape index (κ1) is 11.9. The third kappa shape index (κ3) is 2.93. The van der Waals surface area contributed by atoms with Crippen molar-refractivity contribution in [1.29, 1.82) is 0 Å². The number of nitrogens with one attached hydrogen (secondary N) is 1. The lowest BCUT2D eigenvalue weighted by atomic mass is 10.1. The molecule has 0 aromatic heterocycles. The summed E-state index contributed by atoms with van der Waals surface area (Å²) in [5.74, 6) is 0. The van der Waals surface area contributed by atoms with Gasteiger partial charge in [0.05, 0.1) is 4.90 Å². The molecular weight excluding hydrogens is 313 g/mol. The molecule has 1 rings (SSSR count). The van der Waals surface area contributed by atoms with E-state index in [2.05, 4.69) is 9.86 Å². The van der Waals surface area contributed by atoms with Crippen LogP contribution < -0.4 is 2.94 Å². The lowest BCUT2D eigenvalue weighted by molar-refractivity contribution is 0.595. The van der Waals surface area contributed by atoms with Gasteiger partial charge in [0.25, 0.3) is 0 Å². The summed E-state index contributed by atoms with van der Waals surface area (Å²) in [7, 11) is -3.29. The Balaban J connectivity index is 2.94. The summed E-state index contributed by atoms with van der Waals surface area (Å²) in [5, 5.41) is 0. The van der Waals surface area contributed by atoms with Gasteiger partial charge in [-0.15, -0.1) is 0 Å². The van der Waals surface area contributed by atoms with E-state index in [1.165, 1.54) is 5.56 Å². The monoisotopic (exact) mass is 325 g/mol. The smallest absolute Gasteiger partial charge is 0.206 e. The van der Waals surface area contributed by atoms with Gasteiger partial charge in [0.2, 0.25) is 10.0 Å². The van der Waals surface area contributed by atoms with E-state index < -0.39 is 10.0 Å². The molecule has 0 radical (unpaired) electrons. The normalized spacial score (nSPS) is 11.6. The molecule has 0 unspecified atom stereocenters. The molecule has 1 N–H and O–H groups in total. The van der Waals surface area contributed by atoms with Crippen molar-refractivity contribution in [3.8, 4) is 0 Å². The van der Waals surface area contributed by atoms with Crippen LogP contribution in [0.3, 0.4) is 0 Å². The molecule has 1 aromatic rings. The van der Waals surface area contributed by atoms with E-state index in [1.807, 2.05) is 12.1 Å². The van der Waals surface area contributed by atoms with Crippen LogP contribution in [0.2, 0.25) is 0 Å². The third-order valence-corrected chi connectivity index (χ3v) is 4.71. The fourth-order valence-corrected chi connectivity index (χ4v) is 2.51. The highest BCUT2D eigenvalue weighted by Crippen LogP contribution is 2.12. The summed E-state index contributed by atoms with van der Waals surface area (Å²) in [4.78, 5) is 0.312. The van der Waals surface area contributed by atoms with Crippen molar-refractivity contribution in [2.45, 2.75) is 24.7 Å². The lowest BCUT2D eigenvalue weighted by Gasteiger charge is -2.02. The molecule has 3 nitrogen and oxygen atoms in total. The summed E-state index contributed by atoms with van der Waals surface area (Å²) in [5.41, 5.74) is 1.17. The quantitative estimate of drug-likeness (QED) is 0.682. The van der Waals surface area contributed by atoms with Gasteiger partial charge in [0.1, 0.15) is 0 Å². The van der Waals surface area contributed by atoms with E-state index >= 15 is 0 Å². The zero-order valence-corrected chi connectivity index (χ0v) is 10.8. The Labute approximate surface area is 98.5 Å². The van der Waals surface area contributed by atoms with Crippen molar-refractivity contribution in [2.75, 3.05) is 0 Å². The standard InChI is InChI=1S/C9H12INO2S/c1-2-3-8-4-6-9(7-5-8)14(12,13)11-10/h4-7,11H,2-3H2,1H3. The molecule has 0 heterocycles. The van der Waals surface area contributed by atoms with Crippen LogP contribution in [0.1, 0.15) is 18.9 Å². The number of benzene rings is 1. The fourth-order valence-electron chi connectivity index (χ4n) is 1.17. The van der Waals surface area contributed by atoms with Crippen LogP contribution in [0, 0.1) is 0 Å². The Morgan fingerprint density at radius 2 is 1.86 bits per heavy atom. The van der Waals surface area contributed by atoms with Crippen LogP contribution in [0.25, 0.3) is 0 Å². The maximum atomic E-state index is 11.4. The summed E-state index contributed by atoms with van der Waals surface area (Å²) in [6.45, 7) is 2.09. The van der Waals surface area contributed by atoms with Crippen LogP contribution in [0.4, 0.5) is 0 Å². The molecule has 78 valence electrons. The SMILES string of the molecule is CCCc1ccc(S(=O)(=O)NI)cc1. The van der Waals surface area contributed by atoms with Crippen molar-refractivity contribution >= 4 is 32.9 Å². The Morgan fingerprint density at radius 3 is 2.29 bits per heavy atom. The minimum absolute atomic E-state index is 0.312. The highest BCUT2D eigenvalue weighted by Gasteiger charge is 2.10. The molecule has 5 heteroatoms. The number of sulfonamides is 1. The highest BCUT2D eigenvalue weighted by molar-refractivity contribution is 14.1. The molecule has 0 aliphatic heterocycles. The van der Waals surface area contributed by atoms with E-state index in [1.54, 1.807) is 35.0 Å². The van der Waals surface area contributed by atoms with Gasteiger partial charge in [-0.25, -0.2) is 8.42 Å². The number of rotatable bonds is 4. The van der Waals surface area contributed by atoms with Crippen molar-refractivity contribution in [2.24, 2.45) is 0 Å². The first-order valence-corrected chi connectivity index (χ1v) is 6.87. The van der Waals surface area contributed by atoms with Crippen LogP contribution >= 0.6 is 22.9 Å². The van der Waals surface area contributed by atoms with Crippen molar-refractivity contribution < 1.29 is 8.42 Å². The number of hydrogen-bond donors (Lipinski definition) is 1.